The highest BCUT2D eigenvalue weighted by atomic mass is 16.6. The Hall–Kier alpha value is -3.80. The van der Waals surface area contributed by atoms with Gasteiger partial charge in [0.25, 0.3) is 5.56 Å². The number of hydrogen-bond acceptors (Lipinski definition) is 6. The molecule has 36 heavy (non-hydrogen) atoms. The predicted molar refractivity (Wildman–Crippen MR) is 137 cm³/mol. The van der Waals surface area contributed by atoms with Crippen LogP contribution in [0.25, 0.3) is 10.9 Å². The van der Waals surface area contributed by atoms with Gasteiger partial charge in [-0.2, -0.15) is 10.4 Å². The molecule has 2 aliphatic rings. The second kappa shape index (κ2) is 9.01. The van der Waals surface area contributed by atoms with E-state index >= 15 is 0 Å². The van der Waals surface area contributed by atoms with Gasteiger partial charge in [0.15, 0.2) is 5.82 Å². The predicted octanol–water partition coefficient (Wildman–Crippen LogP) is 5.53. The monoisotopic (exact) mass is 488 g/mol. The van der Waals surface area contributed by atoms with E-state index in [4.69, 9.17) is 9.84 Å². The van der Waals surface area contributed by atoms with Crippen molar-refractivity contribution in [3.05, 3.63) is 51.9 Å². The summed E-state index contributed by atoms with van der Waals surface area (Å²) < 4.78 is 7.45. The van der Waals surface area contributed by atoms with Gasteiger partial charge >= 0.3 is 6.09 Å². The summed E-state index contributed by atoms with van der Waals surface area (Å²) in [5, 5.41) is 18.3. The van der Waals surface area contributed by atoms with Gasteiger partial charge in [0.05, 0.1) is 36.1 Å². The van der Waals surface area contributed by atoms with Crippen molar-refractivity contribution in [1.82, 2.24) is 19.7 Å². The van der Waals surface area contributed by atoms with Gasteiger partial charge in [0, 0.05) is 11.9 Å². The maximum absolute atomic E-state index is 12.8. The lowest BCUT2D eigenvalue weighted by Crippen LogP contribution is -2.34. The van der Waals surface area contributed by atoms with Gasteiger partial charge in [-0.15, -0.1) is 0 Å². The summed E-state index contributed by atoms with van der Waals surface area (Å²) in [5.41, 5.74) is 2.80. The Morgan fingerprint density at radius 1 is 1.25 bits per heavy atom. The van der Waals surface area contributed by atoms with Crippen LogP contribution in [0.3, 0.4) is 0 Å². The largest absolute Gasteiger partial charge is 0.444 e. The summed E-state index contributed by atoms with van der Waals surface area (Å²) in [6, 6.07) is 10.1. The number of benzene rings is 1. The zero-order chi connectivity index (χ0) is 25.6. The molecule has 9 nitrogen and oxygen atoms in total. The zero-order valence-electron chi connectivity index (χ0n) is 21.2. The summed E-state index contributed by atoms with van der Waals surface area (Å²) in [5.74, 6) is 0.332. The van der Waals surface area contributed by atoms with Crippen molar-refractivity contribution >= 4 is 28.5 Å². The molecule has 2 aromatic heterocycles. The van der Waals surface area contributed by atoms with Crippen molar-refractivity contribution in [2.24, 2.45) is 5.92 Å². The quantitative estimate of drug-likeness (QED) is 0.500. The molecule has 3 aromatic rings. The van der Waals surface area contributed by atoms with Crippen LogP contribution in [0.15, 0.2) is 35.3 Å². The molecular weight excluding hydrogens is 456 g/mol. The van der Waals surface area contributed by atoms with E-state index in [9.17, 15) is 14.9 Å². The van der Waals surface area contributed by atoms with E-state index in [0.717, 1.165) is 48.0 Å². The lowest BCUT2D eigenvalue weighted by molar-refractivity contribution is 0.0187. The number of H-pyrrole nitrogens is 1. The van der Waals surface area contributed by atoms with Crippen LogP contribution in [0.4, 0.5) is 16.3 Å². The molecule has 0 radical (unpaired) electrons. The van der Waals surface area contributed by atoms with Crippen LogP contribution in [-0.4, -0.2) is 31.4 Å². The molecule has 1 saturated carbocycles. The van der Waals surface area contributed by atoms with Crippen LogP contribution in [0.5, 0.6) is 0 Å². The minimum Gasteiger partial charge on any atom is -0.444 e. The molecule has 1 fully saturated rings. The number of hydrogen-bond donors (Lipinski definition) is 2. The molecule has 5 rings (SSSR count). The number of aromatic nitrogens is 3. The molecule has 9 heteroatoms. The van der Waals surface area contributed by atoms with E-state index in [1.165, 1.54) is 0 Å². The Labute approximate surface area is 210 Å². The van der Waals surface area contributed by atoms with Crippen molar-refractivity contribution in [2.75, 3.05) is 5.32 Å². The fraction of sp³-hybridized carbons (Fsp3) is 0.481. The highest BCUT2D eigenvalue weighted by Gasteiger charge is 2.34. The Kier molecular flexibility index (Phi) is 5.99. The molecule has 1 aliphatic carbocycles. The minimum atomic E-state index is -0.561. The first-order chi connectivity index (χ1) is 17.2. The van der Waals surface area contributed by atoms with Crippen LogP contribution in [0.1, 0.15) is 76.6 Å². The maximum atomic E-state index is 12.8. The number of aromatic amines is 1. The fourth-order valence-corrected chi connectivity index (χ4v) is 5.39. The number of nitrogens with zero attached hydrogens (tertiary/aromatic N) is 4. The number of carbonyl (C=O) groups excluding carboxylic acids is 1. The van der Waals surface area contributed by atoms with Gasteiger partial charge in [-0.05, 0) is 69.9 Å². The molecule has 1 amide bonds. The Morgan fingerprint density at radius 2 is 2.03 bits per heavy atom. The number of pyridine rings is 1. The number of rotatable bonds is 3. The standard InChI is InChI=1S/C27H32N6O3/c1-16-20-10-9-19(13-18(20)15-32(16)26(35)36-27(2,3)4)30-24-23-22(11-12-29-25(23)34)33(31-24)21-8-6-5-7-17(21)14-28/h9-13,16-17,21H,5-8,15H2,1-4H3,(H,29,34)(H,30,31). The fourth-order valence-electron chi connectivity index (χ4n) is 5.39. The molecule has 188 valence electrons. The number of ether oxygens (including phenoxy) is 1. The molecule has 0 saturated heterocycles. The first-order valence-corrected chi connectivity index (χ1v) is 12.6. The highest BCUT2D eigenvalue weighted by molar-refractivity contribution is 5.91. The highest BCUT2D eigenvalue weighted by Crippen LogP contribution is 2.38. The Morgan fingerprint density at radius 3 is 2.78 bits per heavy atom. The normalized spacial score (nSPS) is 21.8. The van der Waals surface area contributed by atoms with E-state index in [1.807, 2.05) is 56.6 Å². The van der Waals surface area contributed by atoms with E-state index in [0.29, 0.717) is 17.7 Å². The van der Waals surface area contributed by atoms with E-state index < -0.39 is 5.60 Å². The van der Waals surface area contributed by atoms with E-state index in [2.05, 4.69) is 16.4 Å². The Balaban J connectivity index is 1.46. The number of nitriles is 1. The van der Waals surface area contributed by atoms with Crippen molar-refractivity contribution in [3.63, 3.8) is 0 Å². The van der Waals surface area contributed by atoms with Crippen LogP contribution in [0, 0.1) is 17.2 Å². The van der Waals surface area contributed by atoms with E-state index in [1.54, 1.807) is 11.1 Å². The molecule has 3 atom stereocenters. The van der Waals surface area contributed by atoms with Gasteiger partial charge in [-0.3, -0.25) is 14.4 Å². The lowest BCUT2D eigenvalue weighted by atomic mass is 9.85. The van der Waals surface area contributed by atoms with Crippen LogP contribution in [-0.2, 0) is 11.3 Å². The number of carbonyl (C=O) groups is 1. The summed E-state index contributed by atoms with van der Waals surface area (Å²) in [6.07, 6.45) is 5.06. The number of fused-ring (bicyclic) bond motifs is 2. The van der Waals surface area contributed by atoms with Crippen molar-refractivity contribution in [3.8, 4) is 6.07 Å². The first kappa shape index (κ1) is 23.9. The number of anilines is 2. The molecule has 2 N–H and O–H groups in total. The lowest BCUT2D eigenvalue weighted by Gasteiger charge is -2.27. The zero-order valence-corrected chi connectivity index (χ0v) is 21.2. The smallest absolute Gasteiger partial charge is 0.411 e. The third-order valence-corrected chi connectivity index (χ3v) is 7.13. The average Bonchev–Trinajstić information content (AvgIpc) is 3.36. The van der Waals surface area contributed by atoms with Crippen molar-refractivity contribution in [2.45, 2.75) is 77.6 Å². The first-order valence-electron chi connectivity index (χ1n) is 12.6. The molecule has 3 unspecified atom stereocenters. The topological polar surface area (TPSA) is 116 Å². The third kappa shape index (κ3) is 4.32. The van der Waals surface area contributed by atoms with Gasteiger partial charge in [-0.25, -0.2) is 4.79 Å². The third-order valence-electron chi connectivity index (χ3n) is 7.13. The van der Waals surface area contributed by atoms with Gasteiger partial charge in [-0.1, -0.05) is 18.9 Å². The van der Waals surface area contributed by atoms with Crippen molar-refractivity contribution in [1.29, 1.82) is 5.26 Å². The van der Waals surface area contributed by atoms with Gasteiger partial charge in [0.2, 0.25) is 0 Å². The second-order valence-electron chi connectivity index (χ2n) is 10.8. The second-order valence-corrected chi connectivity index (χ2v) is 10.8. The summed E-state index contributed by atoms with van der Waals surface area (Å²) in [4.78, 5) is 30.0. The van der Waals surface area contributed by atoms with Crippen LogP contribution < -0.4 is 10.9 Å². The molecule has 0 bridgehead atoms. The van der Waals surface area contributed by atoms with Crippen molar-refractivity contribution < 1.29 is 9.53 Å². The van der Waals surface area contributed by atoms with Crippen LogP contribution in [0.2, 0.25) is 0 Å². The summed E-state index contributed by atoms with van der Waals surface area (Å²) >= 11 is 0. The minimum absolute atomic E-state index is 0.0631. The molecule has 1 aromatic carbocycles. The van der Waals surface area contributed by atoms with Gasteiger partial charge in [0.1, 0.15) is 11.0 Å². The molecule has 3 heterocycles. The number of amides is 1. The SMILES string of the molecule is CC1c2ccc(Nc3nn(C4CCCCC4C#N)c4cc[nH]c(=O)c34)cc2CN1C(=O)OC(C)(C)C. The van der Waals surface area contributed by atoms with Gasteiger partial charge < -0.3 is 15.0 Å². The summed E-state index contributed by atoms with van der Waals surface area (Å²) in [7, 11) is 0. The molecule has 1 aliphatic heterocycles. The maximum Gasteiger partial charge on any atom is 0.411 e. The Bertz CT molecular complexity index is 1410. The van der Waals surface area contributed by atoms with E-state index in [-0.39, 0.29) is 29.7 Å². The number of nitrogens with one attached hydrogen (secondary N) is 2. The molecular formula is C27H32N6O3. The average molecular weight is 489 g/mol. The van der Waals surface area contributed by atoms with Crippen LogP contribution >= 0.6 is 0 Å². The summed E-state index contributed by atoms with van der Waals surface area (Å²) in [6.45, 7) is 8.02. The molecule has 0 spiro atoms.